The van der Waals surface area contributed by atoms with Crippen LogP contribution in [0.25, 0.3) is 21.5 Å². The SMILES string of the molecule is CNC(=O)Cn1nc(-c2ccc(F)cc2)c2sc(C)nc2c1=O. The van der Waals surface area contributed by atoms with Gasteiger partial charge < -0.3 is 5.32 Å². The highest BCUT2D eigenvalue weighted by Gasteiger charge is 2.17. The van der Waals surface area contributed by atoms with Gasteiger partial charge in [0, 0.05) is 12.6 Å². The Morgan fingerprint density at radius 1 is 1.35 bits per heavy atom. The number of carbonyl (C=O) groups excluding carboxylic acids is 1. The van der Waals surface area contributed by atoms with Crippen molar-refractivity contribution in [1.82, 2.24) is 20.1 Å². The van der Waals surface area contributed by atoms with Crippen LogP contribution < -0.4 is 10.9 Å². The Balaban J connectivity index is 2.27. The van der Waals surface area contributed by atoms with Crippen molar-refractivity contribution < 1.29 is 9.18 Å². The van der Waals surface area contributed by atoms with E-state index in [9.17, 15) is 14.0 Å². The fourth-order valence-electron chi connectivity index (χ4n) is 2.19. The zero-order valence-electron chi connectivity index (χ0n) is 12.5. The van der Waals surface area contributed by atoms with Crippen LogP contribution in [0.5, 0.6) is 0 Å². The molecule has 0 atom stereocenters. The number of hydrogen-bond donors (Lipinski definition) is 1. The minimum Gasteiger partial charge on any atom is -0.358 e. The number of benzene rings is 1. The zero-order valence-corrected chi connectivity index (χ0v) is 13.3. The van der Waals surface area contributed by atoms with E-state index >= 15 is 0 Å². The molecular formula is C15H13FN4O2S. The second kappa shape index (κ2) is 5.88. The number of carbonyl (C=O) groups is 1. The van der Waals surface area contributed by atoms with E-state index in [1.807, 2.05) is 0 Å². The van der Waals surface area contributed by atoms with Crippen molar-refractivity contribution in [1.29, 1.82) is 0 Å². The highest BCUT2D eigenvalue weighted by atomic mass is 32.1. The van der Waals surface area contributed by atoms with Crippen molar-refractivity contribution in [2.75, 3.05) is 7.05 Å². The van der Waals surface area contributed by atoms with E-state index in [-0.39, 0.29) is 23.8 Å². The highest BCUT2D eigenvalue weighted by molar-refractivity contribution is 7.19. The molecule has 1 amide bonds. The Labute approximate surface area is 134 Å². The Bertz CT molecular complexity index is 947. The molecule has 0 bridgehead atoms. The second-order valence-corrected chi connectivity index (χ2v) is 6.11. The average Bonchev–Trinajstić information content (AvgIpc) is 2.93. The van der Waals surface area contributed by atoms with Gasteiger partial charge >= 0.3 is 0 Å². The molecule has 0 saturated carbocycles. The summed E-state index contributed by atoms with van der Waals surface area (Å²) in [5.41, 5.74) is 1.02. The Hall–Kier alpha value is -2.61. The molecule has 0 unspecified atom stereocenters. The number of halogens is 1. The van der Waals surface area contributed by atoms with Gasteiger partial charge in [0.1, 0.15) is 18.1 Å². The van der Waals surface area contributed by atoms with Crippen LogP contribution >= 0.6 is 11.3 Å². The molecule has 1 aromatic carbocycles. The number of amides is 1. The van der Waals surface area contributed by atoms with Crippen molar-refractivity contribution in [3.05, 3.63) is 45.4 Å². The Morgan fingerprint density at radius 2 is 2.04 bits per heavy atom. The third-order valence-corrected chi connectivity index (χ3v) is 4.27. The van der Waals surface area contributed by atoms with Crippen molar-refractivity contribution in [2.24, 2.45) is 0 Å². The molecule has 0 fully saturated rings. The van der Waals surface area contributed by atoms with E-state index < -0.39 is 5.56 Å². The summed E-state index contributed by atoms with van der Waals surface area (Å²) in [4.78, 5) is 28.3. The molecule has 0 radical (unpaired) electrons. The van der Waals surface area contributed by atoms with Crippen LogP contribution in [0, 0.1) is 12.7 Å². The van der Waals surface area contributed by atoms with Crippen LogP contribution in [-0.4, -0.2) is 27.7 Å². The van der Waals surface area contributed by atoms with Crippen LogP contribution in [0.2, 0.25) is 0 Å². The average molecular weight is 332 g/mol. The summed E-state index contributed by atoms with van der Waals surface area (Å²) in [7, 11) is 1.49. The third kappa shape index (κ3) is 2.85. The van der Waals surface area contributed by atoms with E-state index in [0.717, 1.165) is 9.69 Å². The monoisotopic (exact) mass is 332 g/mol. The van der Waals surface area contributed by atoms with E-state index in [1.54, 1.807) is 19.1 Å². The van der Waals surface area contributed by atoms with E-state index in [2.05, 4.69) is 15.4 Å². The van der Waals surface area contributed by atoms with Crippen LogP contribution in [-0.2, 0) is 11.3 Å². The molecular weight excluding hydrogens is 319 g/mol. The molecule has 1 N–H and O–H groups in total. The van der Waals surface area contributed by atoms with E-state index in [0.29, 0.717) is 16.0 Å². The first-order chi connectivity index (χ1) is 11.0. The number of rotatable bonds is 3. The number of nitrogens with one attached hydrogen (secondary N) is 1. The van der Waals surface area contributed by atoms with Gasteiger partial charge in [0.25, 0.3) is 5.56 Å². The minimum absolute atomic E-state index is 0.198. The fourth-order valence-corrected chi connectivity index (χ4v) is 3.10. The van der Waals surface area contributed by atoms with Crippen LogP contribution in [0.1, 0.15) is 5.01 Å². The number of aromatic nitrogens is 3. The summed E-state index contributed by atoms with van der Waals surface area (Å²) in [6.45, 7) is 1.59. The molecule has 6 nitrogen and oxygen atoms in total. The van der Waals surface area contributed by atoms with E-state index in [1.165, 1.54) is 30.5 Å². The lowest BCUT2D eigenvalue weighted by Crippen LogP contribution is -2.32. The van der Waals surface area contributed by atoms with Gasteiger partial charge in [-0.2, -0.15) is 5.10 Å². The van der Waals surface area contributed by atoms with Crippen molar-refractivity contribution in [3.8, 4) is 11.3 Å². The van der Waals surface area contributed by atoms with Crippen LogP contribution in [0.15, 0.2) is 29.1 Å². The zero-order chi connectivity index (χ0) is 16.6. The van der Waals surface area contributed by atoms with Gasteiger partial charge in [-0.25, -0.2) is 14.1 Å². The topological polar surface area (TPSA) is 76.9 Å². The van der Waals surface area contributed by atoms with Gasteiger partial charge in [0.2, 0.25) is 5.91 Å². The van der Waals surface area contributed by atoms with Gasteiger partial charge in [-0.15, -0.1) is 11.3 Å². The number of hydrogen-bond acceptors (Lipinski definition) is 5. The number of thiazole rings is 1. The summed E-state index contributed by atoms with van der Waals surface area (Å²) >= 11 is 1.34. The maximum Gasteiger partial charge on any atom is 0.294 e. The normalized spacial score (nSPS) is 10.9. The van der Waals surface area contributed by atoms with Crippen molar-refractivity contribution >= 4 is 27.5 Å². The quantitative estimate of drug-likeness (QED) is 0.792. The summed E-state index contributed by atoms with van der Waals surface area (Å²) in [6, 6.07) is 5.82. The summed E-state index contributed by atoms with van der Waals surface area (Å²) < 4.78 is 14.9. The third-order valence-electron chi connectivity index (χ3n) is 3.30. The first-order valence-corrected chi connectivity index (χ1v) is 7.66. The molecule has 0 saturated heterocycles. The van der Waals surface area contributed by atoms with E-state index in [4.69, 9.17) is 0 Å². The molecule has 2 aromatic heterocycles. The summed E-state index contributed by atoms with van der Waals surface area (Å²) in [5.74, 6) is -0.694. The Morgan fingerprint density at radius 3 is 2.70 bits per heavy atom. The Kier molecular flexibility index (Phi) is 3.91. The largest absolute Gasteiger partial charge is 0.358 e. The number of likely N-dealkylation sites (N-methyl/N-ethyl adjacent to an activating group) is 1. The molecule has 8 heteroatoms. The highest BCUT2D eigenvalue weighted by Crippen LogP contribution is 2.29. The van der Waals surface area contributed by atoms with Gasteiger partial charge in [-0.1, -0.05) is 0 Å². The lowest BCUT2D eigenvalue weighted by molar-refractivity contribution is -0.121. The standard InChI is InChI=1S/C15H13FN4O2S/c1-8-18-13-14(23-8)12(9-3-5-10(16)6-4-9)19-20(15(13)22)7-11(21)17-2/h3-6H,7H2,1-2H3,(H,17,21). The lowest BCUT2D eigenvalue weighted by atomic mass is 10.1. The first kappa shape index (κ1) is 15.3. The molecule has 0 spiro atoms. The molecule has 0 aliphatic heterocycles. The number of aryl methyl sites for hydroxylation is 1. The van der Waals surface area contributed by atoms with Crippen LogP contribution in [0.3, 0.4) is 0 Å². The number of fused-ring (bicyclic) bond motifs is 1. The van der Waals surface area contributed by atoms with Gasteiger partial charge in [0.05, 0.1) is 9.71 Å². The smallest absolute Gasteiger partial charge is 0.294 e. The molecule has 2 heterocycles. The predicted molar refractivity (Wildman–Crippen MR) is 85.9 cm³/mol. The minimum atomic E-state index is -0.418. The maximum atomic E-state index is 13.1. The molecule has 0 aliphatic rings. The molecule has 3 rings (SSSR count). The molecule has 3 aromatic rings. The molecule has 0 aliphatic carbocycles. The first-order valence-electron chi connectivity index (χ1n) is 6.84. The molecule has 23 heavy (non-hydrogen) atoms. The van der Waals surface area contributed by atoms with Gasteiger partial charge in [-0.05, 0) is 31.2 Å². The predicted octanol–water partition coefficient (Wildman–Crippen LogP) is 1.71. The second-order valence-electron chi connectivity index (χ2n) is 4.90. The van der Waals surface area contributed by atoms with Crippen LogP contribution in [0.4, 0.5) is 4.39 Å². The lowest BCUT2D eigenvalue weighted by Gasteiger charge is -2.08. The molecule has 118 valence electrons. The summed E-state index contributed by atoms with van der Waals surface area (Å²) in [5, 5.41) is 7.47. The summed E-state index contributed by atoms with van der Waals surface area (Å²) in [6.07, 6.45) is 0. The maximum absolute atomic E-state index is 13.1. The van der Waals surface area contributed by atoms with Crippen molar-refractivity contribution in [2.45, 2.75) is 13.5 Å². The van der Waals surface area contributed by atoms with Gasteiger partial charge in [0.15, 0.2) is 5.52 Å². The fraction of sp³-hybridized carbons (Fsp3) is 0.200. The number of nitrogens with zero attached hydrogens (tertiary/aromatic N) is 3. The van der Waals surface area contributed by atoms with Gasteiger partial charge in [-0.3, -0.25) is 9.59 Å². The van der Waals surface area contributed by atoms with Crippen molar-refractivity contribution in [3.63, 3.8) is 0 Å².